The molecular weight excluding hydrogens is 470 g/mol. The molecule has 1 N–H and O–H groups in total. The van der Waals surface area contributed by atoms with Gasteiger partial charge in [0.05, 0.1) is 22.3 Å². The number of carbonyl (C=O) groups is 1. The van der Waals surface area contributed by atoms with Crippen molar-refractivity contribution >= 4 is 50.8 Å². The first kappa shape index (κ1) is 22.1. The number of thioether (sulfide) groups is 1. The second kappa shape index (κ2) is 8.98. The van der Waals surface area contributed by atoms with Crippen molar-refractivity contribution in [2.75, 3.05) is 11.1 Å². The van der Waals surface area contributed by atoms with Crippen LogP contribution in [0.25, 0.3) is 33.1 Å². The molecule has 7 nitrogen and oxygen atoms in total. The molecule has 0 saturated heterocycles. The quantitative estimate of drug-likeness (QED) is 0.334. The lowest BCUT2D eigenvalue weighted by Gasteiger charge is -2.12. The van der Waals surface area contributed by atoms with Gasteiger partial charge in [-0.2, -0.15) is 0 Å². The summed E-state index contributed by atoms with van der Waals surface area (Å²) >= 11 is 1.28. The van der Waals surface area contributed by atoms with Crippen LogP contribution in [0.3, 0.4) is 0 Å². The third kappa shape index (κ3) is 3.81. The molecule has 2 aromatic heterocycles. The van der Waals surface area contributed by atoms with Crippen LogP contribution < -0.4 is 10.9 Å². The van der Waals surface area contributed by atoms with Crippen molar-refractivity contribution in [3.8, 4) is 5.69 Å². The maximum Gasteiger partial charge on any atom is 0.267 e. The summed E-state index contributed by atoms with van der Waals surface area (Å²) in [5, 5.41) is 14.9. The molecule has 2 heterocycles. The van der Waals surface area contributed by atoms with Crippen molar-refractivity contribution in [1.82, 2.24) is 19.2 Å². The summed E-state index contributed by atoms with van der Waals surface area (Å²) < 4.78 is 3.40. The molecule has 8 heteroatoms. The van der Waals surface area contributed by atoms with Gasteiger partial charge in [-0.1, -0.05) is 78.0 Å². The minimum atomic E-state index is -0.167. The van der Waals surface area contributed by atoms with Gasteiger partial charge in [0.15, 0.2) is 5.16 Å². The summed E-state index contributed by atoms with van der Waals surface area (Å²) in [6.07, 6.45) is 0. The zero-order chi connectivity index (χ0) is 24.6. The van der Waals surface area contributed by atoms with E-state index < -0.39 is 0 Å². The van der Waals surface area contributed by atoms with E-state index in [-0.39, 0.29) is 17.2 Å². The Morgan fingerprint density at radius 1 is 0.861 bits per heavy atom. The average molecular weight is 492 g/mol. The van der Waals surface area contributed by atoms with Crippen molar-refractivity contribution in [2.24, 2.45) is 0 Å². The lowest BCUT2D eigenvalue weighted by Crippen LogP contribution is -2.22. The fraction of sp³-hybridized carbons (Fsp3) is 0.0714. The van der Waals surface area contributed by atoms with Crippen LogP contribution in [-0.4, -0.2) is 30.8 Å². The summed E-state index contributed by atoms with van der Waals surface area (Å²) in [7, 11) is 0. The van der Waals surface area contributed by atoms with E-state index in [0.717, 1.165) is 22.0 Å². The van der Waals surface area contributed by atoms with Gasteiger partial charge in [0.25, 0.3) is 5.56 Å². The molecule has 0 atom stereocenters. The number of aromatic nitrogens is 4. The van der Waals surface area contributed by atoms with Gasteiger partial charge in [-0.15, -0.1) is 10.2 Å². The minimum absolute atomic E-state index is 0.141. The zero-order valence-electron chi connectivity index (χ0n) is 19.4. The largest absolute Gasteiger partial charge is 0.325 e. The van der Waals surface area contributed by atoms with Crippen LogP contribution in [0.4, 0.5) is 5.69 Å². The van der Waals surface area contributed by atoms with E-state index in [1.54, 1.807) is 10.6 Å². The highest BCUT2D eigenvalue weighted by molar-refractivity contribution is 7.99. The summed E-state index contributed by atoms with van der Waals surface area (Å²) in [5.74, 6) is 0.394. The molecule has 0 fully saturated rings. The number of hydrogen-bond acceptors (Lipinski definition) is 5. The molecule has 6 aromatic rings. The van der Waals surface area contributed by atoms with Gasteiger partial charge < -0.3 is 5.32 Å². The maximum atomic E-state index is 13.4. The van der Waals surface area contributed by atoms with Crippen molar-refractivity contribution in [1.29, 1.82) is 0 Å². The first-order valence-corrected chi connectivity index (χ1v) is 12.4. The predicted octanol–water partition coefficient (Wildman–Crippen LogP) is 5.23. The Bertz CT molecular complexity index is 1820. The van der Waals surface area contributed by atoms with E-state index in [2.05, 4.69) is 15.5 Å². The van der Waals surface area contributed by atoms with E-state index in [0.29, 0.717) is 27.5 Å². The Morgan fingerprint density at radius 2 is 1.58 bits per heavy atom. The van der Waals surface area contributed by atoms with Crippen molar-refractivity contribution < 1.29 is 4.79 Å². The molecule has 0 aliphatic rings. The number of fused-ring (bicyclic) bond motifs is 4. The fourth-order valence-electron chi connectivity index (χ4n) is 4.35. The highest BCUT2D eigenvalue weighted by atomic mass is 32.2. The monoisotopic (exact) mass is 491 g/mol. The molecule has 6 rings (SSSR count). The topological polar surface area (TPSA) is 81.3 Å². The lowest BCUT2D eigenvalue weighted by molar-refractivity contribution is -0.113. The molecular formula is C28H21N5O2S. The fourth-order valence-corrected chi connectivity index (χ4v) is 5.09. The summed E-state index contributed by atoms with van der Waals surface area (Å²) in [5.41, 5.74) is 3.10. The highest BCUT2D eigenvalue weighted by Crippen LogP contribution is 2.25. The van der Waals surface area contributed by atoms with E-state index in [1.807, 2.05) is 96.3 Å². The Labute approximate surface area is 210 Å². The van der Waals surface area contributed by atoms with Crippen LogP contribution in [-0.2, 0) is 4.79 Å². The van der Waals surface area contributed by atoms with Crippen molar-refractivity contribution in [3.05, 3.63) is 107 Å². The number of nitrogens with zero attached hydrogens (tertiary/aromatic N) is 4. The zero-order valence-corrected chi connectivity index (χ0v) is 20.2. The second-order valence-corrected chi connectivity index (χ2v) is 9.42. The lowest BCUT2D eigenvalue weighted by atomic mass is 10.1. The van der Waals surface area contributed by atoms with Crippen LogP contribution in [0, 0.1) is 6.92 Å². The van der Waals surface area contributed by atoms with Gasteiger partial charge in [0.1, 0.15) is 0 Å². The number of nitrogens with one attached hydrogen (secondary N) is 1. The van der Waals surface area contributed by atoms with E-state index >= 15 is 0 Å². The molecule has 0 bridgehead atoms. The van der Waals surface area contributed by atoms with Gasteiger partial charge in [0, 0.05) is 11.1 Å². The predicted molar refractivity (Wildman–Crippen MR) is 144 cm³/mol. The number of benzene rings is 4. The van der Waals surface area contributed by atoms with Gasteiger partial charge in [0.2, 0.25) is 11.7 Å². The maximum absolute atomic E-state index is 13.4. The van der Waals surface area contributed by atoms with Gasteiger partial charge in [-0.05, 0) is 42.6 Å². The third-order valence-corrected chi connectivity index (χ3v) is 7.01. The first-order chi connectivity index (χ1) is 17.6. The van der Waals surface area contributed by atoms with Crippen LogP contribution in [0.5, 0.6) is 0 Å². The van der Waals surface area contributed by atoms with Crippen LogP contribution in [0.2, 0.25) is 0 Å². The van der Waals surface area contributed by atoms with Crippen LogP contribution in [0.15, 0.2) is 101 Å². The normalized spacial score (nSPS) is 11.4. The Balaban J connectivity index is 1.37. The second-order valence-electron chi connectivity index (χ2n) is 8.47. The summed E-state index contributed by atoms with van der Waals surface area (Å²) in [6.45, 7) is 2.00. The number of aryl methyl sites for hydroxylation is 1. The molecule has 0 spiro atoms. The van der Waals surface area contributed by atoms with E-state index in [1.165, 1.54) is 11.8 Å². The Hall–Kier alpha value is -4.43. The average Bonchev–Trinajstić information content (AvgIpc) is 3.33. The van der Waals surface area contributed by atoms with E-state index in [9.17, 15) is 9.59 Å². The Morgan fingerprint density at radius 3 is 2.42 bits per heavy atom. The van der Waals surface area contributed by atoms with Crippen molar-refractivity contribution in [3.63, 3.8) is 0 Å². The van der Waals surface area contributed by atoms with Gasteiger partial charge in [-0.25, -0.2) is 4.57 Å². The summed E-state index contributed by atoms with van der Waals surface area (Å²) in [6, 6.07) is 28.8. The molecule has 0 aliphatic heterocycles. The molecule has 0 radical (unpaired) electrons. The number of amides is 1. The van der Waals surface area contributed by atoms with Gasteiger partial charge >= 0.3 is 0 Å². The number of rotatable bonds is 5. The SMILES string of the molecule is Cc1ccc(-n2c(=O)c3ccccc3n3c(SCC(=O)Nc4cccc5ccccc45)nnc23)cc1. The molecule has 36 heavy (non-hydrogen) atoms. The number of anilines is 1. The van der Waals surface area contributed by atoms with E-state index in [4.69, 9.17) is 0 Å². The summed E-state index contributed by atoms with van der Waals surface area (Å²) in [4.78, 5) is 26.3. The van der Waals surface area contributed by atoms with Crippen LogP contribution >= 0.6 is 11.8 Å². The molecule has 0 unspecified atom stereocenters. The minimum Gasteiger partial charge on any atom is -0.325 e. The first-order valence-electron chi connectivity index (χ1n) is 11.5. The van der Waals surface area contributed by atoms with Crippen LogP contribution in [0.1, 0.15) is 5.56 Å². The smallest absolute Gasteiger partial charge is 0.267 e. The molecule has 176 valence electrons. The third-order valence-electron chi connectivity index (χ3n) is 6.08. The number of hydrogen-bond donors (Lipinski definition) is 1. The number of para-hydroxylation sites is 1. The molecule has 1 amide bonds. The van der Waals surface area contributed by atoms with Gasteiger partial charge in [-0.3, -0.25) is 14.0 Å². The highest BCUT2D eigenvalue weighted by Gasteiger charge is 2.18. The Kier molecular flexibility index (Phi) is 5.50. The molecule has 0 saturated carbocycles. The van der Waals surface area contributed by atoms with Crippen molar-refractivity contribution in [2.45, 2.75) is 12.1 Å². The standard InChI is InChI=1S/C28H21N5O2S/c1-18-13-15-20(16-14-18)32-26(35)22-10-4-5-12-24(22)33-27(32)30-31-28(33)36-17-25(34)29-23-11-6-8-19-7-2-3-9-21(19)23/h2-16H,17H2,1H3,(H,29,34). The molecule has 0 aliphatic carbocycles. The molecule has 4 aromatic carbocycles. The number of carbonyl (C=O) groups excluding carboxylic acids is 1.